The minimum Gasteiger partial charge on any atom is -0.496 e. The van der Waals surface area contributed by atoms with Gasteiger partial charge in [0.15, 0.2) is 0 Å². The highest BCUT2D eigenvalue weighted by Gasteiger charge is 2.36. The molecule has 0 unspecified atom stereocenters. The Morgan fingerprint density at radius 2 is 1.77 bits per heavy atom. The molecule has 1 saturated heterocycles. The lowest BCUT2D eigenvalue weighted by Crippen LogP contribution is -2.49. The number of benzene rings is 2. The first kappa shape index (κ1) is 18.4. The van der Waals surface area contributed by atoms with Gasteiger partial charge in [0.05, 0.1) is 19.4 Å². The Morgan fingerprint density at radius 1 is 1.12 bits per heavy atom. The van der Waals surface area contributed by atoms with Crippen LogP contribution in [0.2, 0.25) is 0 Å². The fraction of sp³-hybridized carbons (Fsp3) is 0.381. The second kappa shape index (κ2) is 8.34. The first-order valence-corrected chi connectivity index (χ1v) is 8.98. The average molecular weight is 354 g/mol. The van der Waals surface area contributed by atoms with Crippen molar-refractivity contribution in [1.29, 1.82) is 0 Å². The van der Waals surface area contributed by atoms with Crippen molar-refractivity contribution in [3.63, 3.8) is 0 Å². The molecule has 0 bridgehead atoms. The Balaban J connectivity index is 1.78. The van der Waals surface area contributed by atoms with Crippen LogP contribution in [0.3, 0.4) is 0 Å². The van der Waals surface area contributed by atoms with Crippen LogP contribution < -0.4 is 10.1 Å². The van der Waals surface area contributed by atoms with E-state index in [4.69, 9.17) is 4.74 Å². The number of likely N-dealkylation sites (tertiary alicyclic amines) is 1. The second-order valence-corrected chi connectivity index (χ2v) is 6.79. The zero-order chi connectivity index (χ0) is 18.4. The number of nitrogens with one attached hydrogen (secondary N) is 1. The SMILES string of the molecule is COc1ccccc1C(=O)NCC1(c2ccccc2)CCN(CO)CC1. The number of nitrogens with zero attached hydrogens (tertiary/aromatic N) is 1. The van der Waals surface area contributed by atoms with Crippen LogP contribution in [0, 0.1) is 0 Å². The number of carbonyl (C=O) groups is 1. The summed E-state index contributed by atoms with van der Waals surface area (Å²) in [6.45, 7) is 2.28. The van der Waals surface area contributed by atoms with Crippen molar-refractivity contribution in [2.75, 3.05) is 33.5 Å². The van der Waals surface area contributed by atoms with E-state index in [0.717, 1.165) is 25.9 Å². The highest BCUT2D eigenvalue weighted by molar-refractivity contribution is 5.96. The largest absolute Gasteiger partial charge is 0.496 e. The summed E-state index contributed by atoms with van der Waals surface area (Å²) in [6.07, 6.45) is 1.79. The average Bonchev–Trinajstić information content (AvgIpc) is 2.73. The van der Waals surface area contributed by atoms with Gasteiger partial charge in [0.25, 0.3) is 5.91 Å². The van der Waals surface area contributed by atoms with E-state index in [-0.39, 0.29) is 18.1 Å². The van der Waals surface area contributed by atoms with Crippen LogP contribution in [0.1, 0.15) is 28.8 Å². The summed E-state index contributed by atoms with van der Waals surface area (Å²) in [5, 5.41) is 12.5. The van der Waals surface area contributed by atoms with Crippen molar-refractivity contribution in [3.05, 3.63) is 65.7 Å². The van der Waals surface area contributed by atoms with E-state index >= 15 is 0 Å². The van der Waals surface area contributed by atoms with Gasteiger partial charge in [-0.15, -0.1) is 0 Å². The number of hydrogen-bond acceptors (Lipinski definition) is 4. The molecule has 1 aliphatic rings. The van der Waals surface area contributed by atoms with Gasteiger partial charge in [0.1, 0.15) is 5.75 Å². The third-order valence-corrected chi connectivity index (χ3v) is 5.34. The fourth-order valence-electron chi connectivity index (χ4n) is 3.66. The van der Waals surface area contributed by atoms with E-state index in [1.54, 1.807) is 19.2 Å². The fourth-order valence-corrected chi connectivity index (χ4v) is 3.66. The molecule has 0 radical (unpaired) electrons. The number of para-hydroxylation sites is 1. The molecule has 2 N–H and O–H groups in total. The maximum absolute atomic E-state index is 12.7. The molecular formula is C21H26N2O3. The van der Waals surface area contributed by atoms with Crippen LogP contribution in [0.25, 0.3) is 0 Å². The molecule has 1 fully saturated rings. The van der Waals surface area contributed by atoms with Crippen molar-refractivity contribution >= 4 is 5.91 Å². The number of carbonyl (C=O) groups excluding carboxylic acids is 1. The maximum atomic E-state index is 12.7. The topological polar surface area (TPSA) is 61.8 Å². The summed E-state index contributed by atoms with van der Waals surface area (Å²) < 4.78 is 5.30. The molecule has 138 valence electrons. The molecule has 2 aromatic carbocycles. The molecule has 2 aromatic rings. The minimum atomic E-state index is -0.123. The van der Waals surface area contributed by atoms with Crippen molar-refractivity contribution < 1.29 is 14.6 Å². The first-order chi connectivity index (χ1) is 12.7. The van der Waals surface area contributed by atoms with Gasteiger partial charge < -0.3 is 15.2 Å². The Labute approximate surface area is 154 Å². The predicted molar refractivity (Wildman–Crippen MR) is 101 cm³/mol. The van der Waals surface area contributed by atoms with Gasteiger partial charge in [-0.3, -0.25) is 9.69 Å². The molecule has 5 heteroatoms. The molecule has 1 heterocycles. The third-order valence-electron chi connectivity index (χ3n) is 5.34. The van der Waals surface area contributed by atoms with E-state index in [9.17, 15) is 9.90 Å². The molecule has 5 nitrogen and oxygen atoms in total. The summed E-state index contributed by atoms with van der Waals surface area (Å²) in [4.78, 5) is 14.8. The van der Waals surface area contributed by atoms with Crippen molar-refractivity contribution in [2.45, 2.75) is 18.3 Å². The molecule has 0 saturated carbocycles. The van der Waals surface area contributed by atoms with Crippen molar-refractivity contribution in [2.24, 2.45) is 0 Å². The van der Waals surface area contributed by atoms with Gasteiger partial charge in [0.2, 0.25) is 0 Å². The van der Waals surface area contributed by atoms with Gasteiger partial charge in [0, 0.05) is 25.0 Å². The highest BCUT2D eigenvalue weighted by Crippen LogP contribution is 2.35. The zero-order valence-electron chi connectivity index (χ0n) is 15.1. The molecule has 0 spiro atoms. The first-order valence-electron chi connectivity index (χ1n) is 8.98. The van der Waals surface area contributed by atoms with Gasteiger partial charge in [-0.05, 0) is 30.5 Å². The molecule has 1 amide bonds. The summed E-state index contributed by atoms with van der Waals surface area (Å²) in [6, 6.07) is 17.6. The Kier molecular flexibility index (Phi) is 5.91. The van der Waals surface area contributed by atoms with E-state index in [2.05, 4.69) is 17.4 Å². The second-order valence-electron chi connectivity index (χ2n) is 6.79. The number of hydrogen-bond donors (Lipinski definition) is 2. The summed E-state index contributed by atoms with van der Waals surface area (Å²) >= 11 is 0. The summed E-state index contributed by atoms with van der Waals surface area (Å²) in [7, 11) is 1.57. The number of piperidine rings is 1. The van der Waals surface area contributed by atoms with Gasteiger partial charge in [-0.2, -0.15) is 0 Å². The Hall–Kier alpha value is -2.37. The molecule has 3 rings (SSSR count). The molecular weight excluding hydrogens is 328 g/mol. The van der Waals surface area contributed by atoms with Crippen LogP contribution >= 0.6 is 0 Å². The lowest BCUT2D eigenvalue weighted by Gasteiger charge is -2.42. The van der Waals surface area contributed by atoms with Crippen molar-refractivity contribution in [1.82, 2.24) is 10.2 Å². The number of ether oxygens (including phenoxy) is 1. The monoisotopic (exact) mass is 354 g/mol. The predicted octanol–water partition coefficient (Wildman–Crippen LogP) is 2.41. The minimum absolute atomic E-state index is 0.0818. The quantitative estimate of drug-likeness (QED) is 0.836. The van der Waals surface area contributed by atoms with E-state index in [0.29, 0.717) is 17.9 Å². The maximum Gasteiger partial charge on any atom is 0.255 e. The van der Waals surface area contributed by atoms with E-state index in [1.807, 2.05) is 35.2 Å². The number of methoxy groups -OCH3 is 1. The Morgan fingerprint density at radius 3 is 2.42 bits per heavy atom. The normalized spacial score (nSPS) is 16.8. The lowest BCUT2D eigenvalue weighted by atomic mass is 9.72. The van der Waals surface area contributed by atoms with E-state index < -0.39 is 0 Å². The third kappa shape index (κ3) is 3.89. The number of aliphatic hydroxyl groups excluding tert-OH is 1. The summed E-state index contributed by atoms with van der Waals surface area (Å²) in [5.74, 6) is 0.455. The number of rotatable bonds is 6. The van der Waals surface area contributed by atoms with Crippen LogP contribution in [-0.4, -0.2) is 49.4 Å². The smallest absolute Gasteiger partial charge is 0.255 e. The van der Waals surface area contributed by atoms with Gasteiger partial charge in [-0.25, -0.2) is 0 Å². The Bertz CT molecular complexity index is 725. The zero-order valence-corrected chi connectivity index (χ0v) is 15.1. The number of aliphatic hydroxyl groups is 1. The van der Waals surface area contributed by atoms with Gasteiger partial charge >= 0.3 is 0 Å². The van der Waals surface area contributed by atoms with Crippen LogP contribution in [0.4, 0.5) is 0 Å². The highest BCUT2D eigenvalue weighted by atomic mass is 16.5. The molecule has 0 aliphatic carbocycles. The molecule has 26 heavy (non-hydrogen) atoms. The standard InChI is InChI=1S/C21H26N2O3/c1-26-19-10-6-5-9-18(19)20(25)22-15-21(17-7-3-2-4-8-17)11-13-23(16-24)14-12-21/h2-10,24H,11-16H2,1H3,(H,22,25). The number of amides is 1. The van der Waals surface area contributed by atoms with Gasteiger partial charge in [-0.1, -0.05) is 42.5 Å². The van der Waals surface area contributed by atoms with E-state index in [1.165, 1.54) is 5.56 Å². The molecule has 1 aliphatic heterocycles. The molecule has 0 aromatic heterocycles. The van der Waals surface area contributed by atoms with Crippen LogP contribution in [0.15, 0.2) is 54.6 Å². The van der Waals surface area contributed by atoms with Crippen molar-refractivity contribution in [3.8, 4) is 5.75 Å². The van der Waals surface area contributed by atoms with Crippen LogP contribution in [0.5, 0.6) is 5.75 Å². The lowest BCUT2D eigenvalue weighted by molar-refractivity contribution is 0.0614. The van der Waals surface area contributed by atoms with Crippen LogP contribution in [-0.2, 0) is 5.41 Å². The molecule has 0 atom stereocenters. The summed E-state index contributed by atoms with van der Waals surface area (Å²) in [5.41, 5.74) is 1.66.